The second kappa shape index (κ2) is 9.25. The molecule has 0 spiro atoms. The van der Waals surface area contributed by atoms with Gasteiger partial charge in [-0.25, -0.2) is 8.42 Å². The van der Waals surface area contributed by atoms with E-state index >= 15 is 0 Å². The number of carbonyl (C=O) groups excluding carboxylic acids is 1. The number of benzene rings is 3. The molecule has 0 fully saturated rings. The molecule has 3 rings (SSSR count). The van der Waals surface area contributed by atoms with E-state index in [1.54, 1.807) is 42.5 Å². The van der Waals surface area contributed by atoms with Crippen molar-refractivity contribution in [3.63, 3.8) is 0 Å². The van der Waals surface area contributed by atoms with Crippen LogP contribution in [-0.4, -0.2) is 20.9 Å². The van der Waals surface area contributed by atoms with E-state index in [4.69, 9.17) is 4.74 Å². The van der Waals surface area contributed by atoms with Crippen LogP contribution in [0.4, 0.5) is 11.4 Å². The molecule has 0 saturated carbocycles. The lowest BCUT2D eigenvalue weighted by Crippen LogP contribution is -2.16. The van der Waals surface area contributed by atoms with E-state index in [9.17, 15) is 13.2 Å². The number of amides is 1. The molecule has 0 saturated heterocycles. The molecule has 3 aromatic carbocycles. The molecule has 1 amide bonds. The minimum atomic E-state index is -3.69. The van der Waals surface area contributed by atoms with E-state index < -0.39 is 10.0 Å². The first kappa shape index (κ1) is 20.4. The second-order valence-electron chi connectivity index (χ2n) is 6.41. The summed E-state index contributed by atoms with van der Waals surface area (Å²) in [5.74, 6) is 0.539. The topological polar surface area (TPSA) is 84.5 Å². The zero-order valence-corrected chi connectivity index (χ0v) is 16.8. The first-order valence-corrected chi connectivity index (χ1v) is 10.6. The SMILES string of the molecule is Cc1ccccc1OCCC(=O)Nc1ccc(S(=O)(=O)Nc2ccccc2)cc1. The quantitative estimate of drug-likeness (QED) is 0.583. The van der Waals surface area contributed by atoms with E-state index in [1.165, 1.54) is 12.1 Å². The number of carbonyl (C=O) groups is 1. The zero-order valence-electron chi connectivity index (χ0n) is 16.0. The van der Waals surface area contributed by atoms with Gasteiger partial charge in [0.05, 0.1) is 17.9 Å². The van der Waals surface area contributed by atoms with Gasteiger partial charge in [-0.15, -0.1) is 0 Å². The molecule has 3 aromatic rings. The molecule has 0 atom stereocenters. The first-order chi connectivity index (χ1) is 13.9. The molecule has 29 heavy (non-hydrogen) atoms. The standard InChI is InChI=1S/C22H22N2O4S/c1-17-7-5-6-10-21(17)28-16-15-22(25)23-18-11-13-20(14-12-18)29(26,27)24-19-8-3-2-4-9-19/h2-14,24H,15-16H2,1H3,(H,23,25). The number of nitrogens with one attached hydrogen (secondary N) is 2. The molecule has 2 N–H and O–H groups in total. The number of hydrogen-bond acceptors (Lipinski definition) is 4. The van der Waals surface area contributed by atoms with Gasteiger partial charge in [-0.3, -0.25) is 9.52 Å². The summed E-state index contributed by atoms with van der Waals surface area (Å²) in [6, 6.07) is 22.3. The molecule has 0 aromatic heterocycles. The molecule has 0 heterocycles. The van der Waals surface area contributed by atoms with Gasteiger partial charge in [0.1, 0.15) is 5.75 Å². The number of hydrogen-bond donors (Lipinski definition) is 2. The van der Waals surface area contributed by atoms with Crippen molar-refractivity contribution in [2.75, 3.05) is 16.6 Å². The Morgan fingerprint density at radius 1 is 0.862 bits per heavy atom. The van der Waals surface area contributed by atoms with Gasteiger partial charge in [-0.1, -0.05) is 36.4 Å². The van der Waals surface area contributed by atoms with Gasteiger partial charge < -0.3 is 10.1 Å². The van der Waals surface area contributed by atoms with E-state index in [-0.39, 0.29) is 23.8 Å². The van der Waals surface area contributed by atoms with E-state index in [0.29, 0.717) is 11.4 Å². The molecular formula is C22H22N2O4S. The minimum Gasteiger partial charge on any atom is -0.493 e. The van der Waals surface area contributed by atoms with Crippen molar-refractivity contribution in [1.82, 2.24) is 0 Å². The number of sulfonamides is 1. The summed E-state index contributed by atoms with van der Waals surface area (Å²) >= 11 is 0. The summed E-state index contributed by atoms with van der Waals surface area (Å²) in [4.78, 5) is 12.2. The predicted octanol–water partition coefficient (Wildman–Crippen LogP) is 4.20. The maximum Gasteiger partial charge on any atom is 0.261 e. The van der Waals surface area contributed by atoms with Gasteiger partial charge in [-0.2, -0.15) is 0 Å². The van der Waals surface area contributed by atoms with Gasteiger partial charge in [0.2, 0.25) is 5.91 Å². The van der Waals surface area contributed by atoms with Crippen LogP contribution in [0.1, 0.15) is 12.0 Å². The Balaban J connectivity index is 1.53. The van der Waals surface area contributed by atoms with E-state index in [1.807, 2.05) is 31.2 Å². The van der Waals surface area contributed by atoms with Gasteiger partial charge >= 0.3 is 0 Å². The summed E-state index contributed by atoms with van der Waals surface area (Å²) in [5, 5.41) is 2.74. The fourth-order valence-corrected chi connectivity index (χ4v) is 3.69. The summed E-state index contributed by atoms with van der Waals surface area (Å²) in [7, 11) is -3.69. The van der Waals surface area contributed by atoms with Crippen LogP contribution >= 0.6 is 0 Å². The minimum absolute atomic E-state index is 0.113. The Morgan fingerprint density at radius 3 is 2.21 bits per heavy atom. The monoisotopic (exact) mass is 410 g/mol. The predicted molar refractivity (Wildman–Crippen MR) is 114 cm³/mol. The lowest BCUT2D eigenvalue weighted by atomic mass is 10.2. The summed E-state index contributed by atoms with van der Waals surface area (Å²) in [6.07, 6.45) is 0.184. The van der Waals surface area contributed by atoms with Crippen LogP contribution in [0.15, 0.2) is 83.8 Å². The first-order valence-electron chi connectivity index (χ1n) is 9.10. The third-order valence-electron chi connectivity index (χ3n) is 4.15. The molecule has 6 nitrogen and oxygen atoms in total. The lowest BCUT2D eigenvalue weighted by molar-refractivity contribution is -0.116. The van der Waals surface area contributed by atoms with Crippen LogP contribution in [0.25, 0.3) is 0 Å². The third-order valence-corrected chi connectivity index (χ3v) is 5.55. The Bertz CT molecular complexity index is 1070. The van der Waals surface area contributed by atoms with Crippen molar-refractivity contribution in [3.05, 3.63) is 84.4 Å². The Hall–Kier alpha value is -3.32. The van der Waals surface area contributed by atoms with Crippen LogP contribution in [-0.2, 0) is 14.8 Å². The average molecular weight is 410 g/mol. The van der Waals surface area contributed by atoms with Crippen molar-refractivity contribution in [2.45, 2.75) is 18.2 Å². The molecule has 0 aliphatic rings. The Morgan fingerprint density at radius 2 is 1.52 bits per heavy atom. The highest BCUT2D eigenvalue weighted by atomic mass is 32.2. The van der Waals surface area contributed by atoms with Crippen LogP contribution in [0.5, 0.6) is 5.75 Å². The molecule has 7 heteroatoms. The average Bonchev–Trinajstić information content (AvgIpc) is 2.70. The molecule has 0 bridgehead atoms. The zero-order chi connectivity index (χ0) is 20.7. The summed E-state index contributed by atoms with van der Waals surface area (Å²) in [5.41, 5.74) is 2.01. The highest BCUT2D eigenvalue weighted by molar-refractivity contribution is 7.92. The second-order valence-corrected chi connectivity index (χ2v) is 8.09. The molecule has 0 radical (unpaired) electrons. The molecule has 0 aliphatic heterocycles. The fourth-order valence-electron chi connectivity index (χ4n) is 2.63. The van der Waals surface area contributed by atoms with Gasteiger partial charge in [0, 0.05) is 11.4 Å². The normalized spacial score (nSPS) is 10.9. The number of rotatable bonds is 8. The smallest absolute Gasteiger partial charge is 0.261 e. The Labute approximate surface area is 170 Å². The molecule has 150 valence electrons. The van der Waals surface area contributed by atoms with Crippen molar-refractivity contribution in [1.29, 1.82) is 0 Å². The van der Waals surface area contributed by atoms with Crippen LogP contribution in [0, 0.1) is 6.92 Å². The van der Waals surface area contributed by atoms with E-state index in [0.717, 1.165) is 11.3 Å². The van der Waals surface area contributed by atoms with Crippen molar-refractivity contribution >= 4 is 27.3 Å². The number of anilines is 2. The number of ether oxygens (including phenoxy) is 1. The maximum absolute atomic E-state index is 12.4. The Kier molecular flexibility index (Phi) is 6.51. The van der Waals surface area contributed by atoms with Crippen molar-refractivity contribution in [3.8, 4) is 5.75 Å². The van der Waals surface area contributed by atoms with Gasteiger partial charge in [0.15, 0.2) is 0 Å². The highest BCUT2D eigenvalue weighted by Crippen LogP contribution is 2.19. The van der Waals surface area contributed by atoms with Gasteiger partial charge in [0.25, 0.3) is 10.0 Å². The van der Waals surface area contributed by atoms with Crippen LogP contribution in [0.2, 0.25) is 0 Å². The largest absolute Gasteiger partial charge is 0.493 e. The van der Waals surface area contributed by atoms with Crippen LogP contribution < -0.4 is 14.8 Å². The maximum atomic E-state index is 12.4. The molecule has 0 aliphatic carbocycles. The summed E-state index contributed by atoms with van der Waals surface area (Å²) < 4.78 is 33.0. The molecular weight excluding hydrogens is 388 g/mol. The van der Waals surface area contributed by atoms with Crippen molar-refractivity contribution < 1.29 is 17.9 Å². The van der Waals surface area contributed by atoms with Crippen LogP contribution in [0.3, 0.4) is 0 Å². The molecule has 0 unspecified atom stereocenters. The van der Waals surface area contributed by atoms with Crippen molar-refractivity contribution in [2.24, 2.45) is 0 Å². The number of para-hydroxylation sites is 2. The summed E-state index contributed by atoms with van der Waals surface area (Å²) in [6.45, 7) is 2.20. The van der Waals surface area contributed by atoms with Gasteiger partial charge in [-0.05, 0) is 55.0 Å². The fraction of sp³-hybridized carbons (Fsp3) is 0.136. The highest BCUT2D eigenvalue weighted by Gasteiger charge is 2.14. The third kappa shape index (κ3) is 5.83. The van der Waals surface area contributed by atoms with E-state index in [2.05, 4.69) is 10.0 Å². The number of aryl methyl sites for hydroxylation is 1. The lowest BCUT2D eigenvalue weighted by Gasteiger charge is -2.10.